The zero-order chi connectivity index (χ0) is 18.2. The molecule has 22 heavy (non-hydrogen) atoms. The molecule has 0 aromatic heterocycles. The fourth-order valence-corrected chi connectivity index (χ4v) is 0.854. The number of allylic oxidation sites excluding steroid dienone is 9. The summed E-state index contributed by atoms with van der Waals surface area (Å²) in [6.45, 7) is 20.6. The molecule has 0 unspecified atom stereocenters. The Morgan fingerprint density at radius 3 is 1.50 bits per heavy atom. The topological polar surface area (TPSA) is 52.0 Å². The van der Waals surface area contributed by atoms with Crippen LogP contribution in [0.4, 0.5) is 0 Å². The highest BCUT2D eigenvalue weighted by Gasteiger charge is 1.75. The van der Waals surface area contributed by atoms with E-state index >= 15 is 0 Å². The van der Waals surface area contributed by atoms with Crippen molar-refractivity contribution < 1.29 is 0 Å². The molecular formula is C20H36N2. The van der Waals surface area contributed by atoms with Gasteiger partial charge < -0.3 is 11.5 Å². The van der Waals surface area contributed by atoms with Crippen molar-refractivity contribution >= 4 is 0 Å². The van der Waals surface area contributed by atoms with Gasteiger partial charge in [-0.3, -0.25) is 0 Å². The third-order valence-electron chi connectivity index (χ3n) is 1.60. The summed E-state index contributed by atoms with van der Waals surface area (Å²) in [6, 6.07) is 0. The maximum Gasteiger partial charge on any atom is 0.0313 e. The second-order valence-electron chi connectivity index (χ2n) is 3.20. The van der Waals surface area contributed by atoms with Crippen LogP contribution in [0.25, 0.3) is 0 Å². The van der Waals surface area contributed by atoms with Crippen LogP contribution in [0.1, 0.15) is 41.0 Å². The molecule has 2 heteroatoms. The smallest absolute Gasteiger partial charge is 0.0313 e. The Morgan fingerprint density at radius 2 is 1.18 bits per heavy atom. The van der Waals surface area contributed by atoms with Crippen molar-refractivity contribution in [1.29, 1.82) is 0 Å². The van der Waals surface area contributed by atoms with E-state index in [-0.39, 0.29) is 0 Å². The van der Waals surface area contributed by atoms with Gasteiger partial charge in [0, 0.05) is 11.4 Å². The minimum atomic E-state index is 0.685. The van der Waals surface area contributed by atoms with Crippen LogP contribution in [0.2, 0.25) is 0 Å². The molecule has 0 spiro atoms. The standard InChI is InChI=1S/C8H13N.C8H11N.2C2H6/c2*1-3-5-7-8(9)6-4-2;2*1-2/h3,5-7H,1,4,9H2,2H3;3-7H,1-2,9H2;2*1-2H3/b2*7-5-,8-6+;;. The minimum absolute atomic E-state index is 0.685. The lowest BCUT2D eigenvalue weighted by Crippen LogP contribution is -1.90. The van der Waals surface area contributed by atoms with E-state index in [2.05, 4.69) is 26.7 Å². The summed E-state index contributed by atoms with van der Waals surface area (Å²) >= 11 is 0. The van der Waals surface area contributed by atoms with Gasteiger partial charge >= 0.3 is 0 Å². The zero-order valence-corrected chi connectivity index (χ0v) is 15.2. The molecule has 0 aromatic rings. The van der Waals surface area contributed by atoms with Crippen molar-refractivity contribution in [2.24, 2.45) is 11.5 Å². The molecule has 0 radical (unpaired) electrons. The molecule has 0 saturated heterocycles. The first kappa shape index (κ1) is 28.0. The number of hydrogen-bond donors (Lipinski definition) is 2. The average molecular weight is 305 g/mol. The Balaban J connectivity index is -0.000000120. The van der Waals surface area contributed by atoms with Gasteiger partial charge in [0.2, 0.25) is 0 Å². The van der Waals surface area contributed by atoms with Crippen LogP contribution in [0, 0.1) is 0 Å². The summed E-state index contributed by atoms with van der Waals surface area (Å²) in [4.78, 5) is 0. The van der Waals surface area contributed by atoms with E-state index < -0.39 is 0 Å². The predicted molar refractivity (Wildman–Crippen MR) is 106 cm³/mol. The summed E-state index contributed by atoms with van der Waals surface area (Å²) < 4.78 is 0. The van der Waals surface area contributed by atoms with Gasteiger partial charge in [0.05, 0.1) is 0 Å². The summed E-state index contributed by atoms with van der Waals surface area (Å²) in [5.74, 6) is 0. The number of nitrogens with two attached hydrogens (primary N) is 2. The summed E-state index contributed by atoms with van der Waals surface area (Å²) in [5.41, 5.74) is 12.4. The Hall–Kier alpha value is -2.22. The lowest BCUT2D eigenvalue weighted by Gasteiger charge is -1.86. The normalized spacial score (nSPS) is 10.4. The van der Waals surface area contributed by atoms with Crippen molar-refractivity contribution in [1.82, 2.24) is 0 Å². The monoisotopic (exact) mass is 304 g/mol. The lowest BCUT2D eigenvalue weighted by atomic mass is 10.3. The van der Waals surface area contributed by atoms with Gasteiger partial charge in [-0.25, -0.2) is 0 Å². The first-order valence-electron chi connectivity index (χ1n) is 7.74. The van der Waals surface area contributed by atoms with Crippen molar-refractivity contribution in [2.75, 3.05) is 0 Å². The van der Waals surface area contributed by atoms with Gasteiger partial charge in [0.15, 0.2) is 0 Å². The van der Waals surface area contributed by atoms with Crippen molar-refractivity contribution in [3.63, 3.8) is 0 Å². The van der Waals surface area contributed by atoms with E-state index in [1.165, 1.54) is 0 Å². The molecule has 0 fully saturated rings. The van der Waals surface area contributed by atoms with Crippen LogP contribution < -0.4 is 11.5 Å². The van der Waals surface area contributed by atoms with E-state index in [1.807, 2.05) is 45.9 Å². The molecule has 0 bridgehead atoms. The van der Waals surface area contributed by atoms with Crippen molar-refractivity contribution in [2.45, 2.75) is 41.0 Å². The third-order valence-corrected chi connectivity index (χ3v) is 1.60. The van der Waals surface area contributed by atoms with E-state index in [9.17, 15) is 0 Å². The van der Waals surface area contributed by atoms with Crippen LogP contribution in [0.3, 0.4) is 0 Å². The molecule has 0 aliphatic rings. The molecule has 0 atom stereocenters. The van der Waals surface area contributed by atoms with Gasteiger partial charge in [-0.2, -0.15) is 0 Å². The third kappa shape index (κ3) is 36.1. The summed E-state index contributed by atoms with van der Waals surface area (Å²) in [6.07, 6.45) is 16.9. The quantitative estimate of drug-likeness (QED) is 0.610. The molecule has 0 aliphatic carbocycles. The highest BCUT2D eigenvalue weighted by molar-refractivity contribution is 5.21. The van der Waals surface area contributed by atoms with Crippen LogP contribution in [0.15, 0.2) is 85.8 Å². The predicted octanol–water partition coefficient (Wildman–Crippen LogP) is 5.79. The zero-order valence-electron chi connectivity index (χ0n) is 15.2. The average Bonchev–Trinajstić information content (AvgIpc) is 2.56. The Kier molecular flexibility index (Phi) is 39.8. The highest BCUT2D eigenvalue weighted by atomic mass is 14.5. The number of rotatable bonds is 6. The molecule has 4 N–H and O–H groups in total. The second kappa shape index (κ2) is 31.3. The molecule has 0 aromatic carbocycles. The van der Waals surface area contributed by atoms with E-state index in [0.29, 0.717) is 5.70 Å². The van der Waals surface area contributed by atoms with E-state index in [4.69, 9.17) is 11.5 Å². The molecule has 0 amide bonds. The van der Waals surface area contributed by atoms with E-state index in [0.717, 1.165) is 12.1 Å². The number of hydrogen-bond acceptors (Lipinski definition) is 2. The highest BCUT2D eigenvalue weighted by Crippen LogP contribution is 1.89. The van der Waals surface area contributed by atoms with Crippen LogP contribution in [0.5, 0.6) is 0 Å². The molecular weight excluding hydrogens is 268 g/mol. The van der Waals surface area contributed by atoms with Gasteiger partial charge in [-0.15, -0.1) is 0 Å². The van der Waals surface area contributed by atoms with Crippen LogP contribution in [-0.2, 0) is 0 Å². The summed E-state index contributed by atoms with van der Waals surface area (Å²) in [5, 5.41) is 0. The Labute approximate surface area is 139 Å². The van der Waals surface area contributed by atoms with Gasteiger partial charge in [-0.1, -0.05) is 90.8 Å². The fourth-order valence-electron chi connectivity index (χ4n) is 0.854. The van der Waals surface area contributed by atoms with Crippen LogP contribution in [-0.4, -0.2) is 0 Å². The largest absolute Gasteiger partial charge is 0.399 e. The molecule has 0 heterocycles. The SMILES string of the molecule is C=C/C=C\C(N)=C/C=C.C=C/C=C\C(N)=C/CC.CC.CC. The van der Waals surface area contributed by atoms with Gasteiger partial charge in [-0.05, 0) is 24.6 Å². The second-order valence-corrected chi connectivity index (χ2v) is 3.20. The Bertz CT molecular complexity index is 356. The van der Waals surface area contributed by atoms with Gasteiger partial charge in [0.25, 0.3) is 0 Å². The van der Waals surface area contributed by atoms with Gasteiger partial charge in [0.1, 0.15) is 0 Å². The first-order valence-corrected chi connectivity index (χ1v) is 7.74. The molecule has 126 valence electrons. The van der Waals surface area contributed by atoms with E-state index in [1.54, 1.807) is 36.5 Å². The van der Waals surface area contributed by atoms with Crippen LogP contribution >= 0.6 is 0 Å². The molecule has 2 nitrogen and oxygen atoms in total. The fraction of sp³-hybridized carbons (Fsp3) is 0.300. The maximum atomic E-state index is 5.50. The summed E-state index contributed by atoms with van der Waals surface area (Å²) in [7, 11) is 0. The first-order chi connectivity index (χ1) is 10.6. The molecule has 0 rings (SSSR count). The minimum Gasteiger partial charge on any atom is -0.399 e. The molecule has 0 aliphatic heterocycles. The maximum absolute atomic E-state index is 5.50. The van der Waals surface area contributed by atoms with Crippen molar-refractivity contribution in [3.05, 3.63) is 85.8 Å². The lowest BCUT2D eigenvalue weighted by molar-refractivity contribution is 1.18. The molecule has 0 saturated carbocycles. The van der Waals surface area contributed by atoms with Crippen molar-refractivity contribution in [3.8, 4) is 0 Å². The Morgan fingerprint density at radius 1 is 0.773 bits per heavy atom.